The van der Waals surface area contributed by atoms with Crippen LogP contribution in [0.3, 0.4) is 0 Å². The SMILES string of the molecule is CC(C)(C)c1ccc(N2c3ccc(C(C)(C)C)cc3B3c4cc(C(C)(C)C)ccc4N(c4ccc(C(C)(C)C)cc4)c4cc(N5c6ccc(C(C)(C)C)cc6C6(C)CCCCC56C)cc2c43)cc1. The fourth-order valence-electron chi connectivity index (χ4n) is 12.4. The van der Waals surface area contributed by atoms with Gasteiger partial charge in [0.1, 0.15) is 0 Å². The maximum atomic E-state index is 2.82. The maximum absolute atomic E-state index is 2.82. The zero-order valence-electron chi connectivity index (χ0n) is 44.7. The molecule has 4 aliphatic rings. The summed E-state index contributed by atoms with van der Waals surface area (Å²) in [7, 11) is 0. The Morgan fingerprint density at radius 2 is 0.750 bits per heavy atom. The smallest absolute Gasteiger partial charge is 0.252 e. The van der Waals surface area contributed by atoms with Gasteiger partial charge in [0.25, 0.3) is 6.71 Å². The van der Waals surface area contributed by atoms with Crippen LogP contribution in [0.5, 0.6) is 0 Å². The molecule has 0 bridgehead atoms. The molecule has 1 saturated carbocycles. The predicted molar refractivity (Wildman–Crippen MR) is 297 cm³/mol. The largest absolute Gasteiger partial charge is 0.334 e. The Kier molecular flexibility index (Phi) is 10.4. The van der Waals surface area contributed by atoms with Crippen LogP contribution in [0.4, 0.5) is 45.5 Å². The van der Waals surface area contributed by atoms with E-state index in [1.807, 2.05) is 0 Å². The summed E-state index contributed by atoms with van der Waals surface area (Å²) in [6.07, 6.45) is 4.82. The van der Waals surface area contributed by atoms with Crippen LogP contribution in [0.15, 0.2) is 115 Å². The normalized spacial score (nSPS) is 20.2. The molecule has 2 unspecified atom stereocenters. The van der Waals surface area contributed by atoms with Crippen molar-refractivity contribution >= 4 is 68.6 Å². The van der Waals surface area contributed by atoms with Crippen LogP contribution in [-0.4, -0.2) is 12.3 Å². The average Bonchev–Trinajstić information content (AvgIpc) is 3.47. The van der Waals surface area contributed by atoms with Crippen molar-refractivity contribution in [3.8, 4) is 0 Å². The summed E-state index contributed by atoms with van der Waals surface area (Å²) in [5.41, 5.74) is 22.6. The van der Waals surface area contributed by atoms with E-state index in [9.17, 15) is 0 Å². The van der Waals surface area contributed by atoms with Gasteiger partial charge in [-0.15, -0.1) is 0 Å². The lowest BCUT2D eigenvalue weighted by Gasteiger charge is -2.51. The van der Waals surface area contributed by atoms with Crippen LogP contribution < -0.4 is 31.1 Å². The van der Waals surface area contributed by atoms with Crippen molar-refractivity contribution in [2.45, 2.75) is 181 Å². The molecule has 68 heavy (non-hydrogen) atoms. The minimum absolute atomic E-state index is 0.00558. The summed E-state index contributed by atoms with van der Waals surface area (Å²) < 4.78 is 0. The van der Waals surface area contributed by atoms with Gasteiger partial charge in [-0.2, -0.15) is 0 Å². The van der Waals surface area contributed by atoms with E-state index in [4.69, 9.17) is 0 Å². The standard InChI is InChI=1S/C64H78BN3/c1-58(2,3)41-20-27-46(28-21-41)66-53-32-25-44(61(10,11)12)37-50(53)65-51-38-45(62(13,14)15)26-33-54(51)67(47-29-22-42(23-30-47)59(4,5)6)56-40-48(39-55(66)57(56)65)68-52-31-24-43(60(7,8)9)36-49(52)63(16)34-18-19-35-64(63,68)17/h20-33,36-40H,18-19,34-35H2,1-17H3. The first-order valence-corrected chi connectivity index (χ1v) is 25.8. The molecule has 0 aromatic heterocycles. The minimum Gasteiger partial charge on any atom is -0.334 e. The molecule has 10 rings (SSSR count). The Bertz CT molecular complexity index is 2810. The molecule has 1 fully saturated rings. The quantitative estimate of drug-likeness (QED) is 0.164. The van der Waals surface area contributed by atoms with Gasteiger partial charge < -0.3 is 14.7 Å². The van der Waals surface area contributed by atoms with E-state index >= 15 is 0 Å². The maximum Gasteiger partial charge on any atom is 0.252 e. The predicted octanol–water partition coefficient (Wildman–Crippen LogP) is 16.0. The average molecular weight is 900 g/mol. The van der Waals surface area contributed by atoms with E-state index in [-0.39, 0.29) is 44.7 Å². The van der Waals surface area contributed by atoms with E-state index in [0.29, 0.717) is 0 Å². The molecule has 0 spiro atoms. The summed E-state index contributed by atoms with van der Waals surface area (Å²) in [6.45, 7) is 40.4. The topological polar surface area (TPSA) is 9.72 Å². The first kappa shape index (κ1) is 46.5. The molecule has 6 aromatic carbocycles. The number of nitrogens with zero attached hydrogens (tertiary/aromatic N) is 3. The Morgan fingerprint density at radius 3 is 1.16 bits per heavy atom. The van der Waals surface area contributed by atoms with Gasteiger partial charge in [0, 0.05) is 50.9 Å². The third-order valence-corrected chi connectivity index (χ3v) is 17.0. The van der Waals surface area contributed by atoms with E-state index in [2.05, 4.69) is 248 Å². The number of fused-ring (bicyclic) bond motifs is 7. The van der Waals surface area contributed by atoms with Gasteiger partial charge in [-0.05, 0) is 151 Å². The third kappa shape index (κ3) is 7.19. The monoisotopic (exact) mass is 900 g/mol. The molecule has 0 saturated heterocycles. The van der Waals surface area contributed by atoms with Crippen molar-refractivity contribution < 1.29 is 0 Å². The molecule has 0 radical (unpaired) electrons. The summed E-state index contributed by atoms with van der Waals surface area (Å²) in [5, 5.41) is 0. The molecule has 4 heteroatoms. The molecular formula is C64H78BN3. The molecule has 1 aliphatic carbocycles. The Morgan fingerprint density at radius 1 is 0.382 bits per heavy atom. The second-order valence-corrected chi connectivity index (χ2v) is 26.8. The molecule has 352 valence electrons. The summed E-state index contributed by atoms with van der Waals surface area (Å²) >= 11 is 0. The van der Waals surface area contributed by atoms with Crippen molar-refractivity contribution in [2.24, 2.45) is 0 Å². The van der Waals surface area contributed by atoms with Crippen LogP contribution in [0.1, 0.15) is 177 Å². The van der Waals surface area contributed by atoms with Gasteiger partial charge in [0.2, 0.25) is 0 Å². The number of hydrogen-bond donors (Lipinski definition) is 0. The highest BCUT2D eigenvalue weighted by atomic mass is 15.3. The van der Waals surface area contributed by atoms with Gasteiger partial charge in [-0.3, -0.25) is 0 Å². The lowest BCUT2D eigenvalue weighted by Crippen LogP contribution is -2.62. The molecule has 3 heterocycles. The highest BCUT2D eigenvalue weighted by Crippen LogP contribution is 2.62. The minimum atomic E-state index is -0.120. The molecule has 3 nitrogen and oxygen atoms in total. The van der Waals surface area contributed by atoms with Crippen molar-refractivity contribution in [3.63, 3.8) is 0 Å². The first-order valence-electron chi connectivity index (χ1n) is 25.8. The van der Waals surface area contributed by atoms with Crippen molar-refractivity contribution in [2.75, 3.05) is 14.7 Å². The first-order chi connectivity index (χ1) is 31.6. The molecule has 2 atom stereocenters. The zero-order chi connectivity index (χ0) is 48.9. The third-order valence-electron chi connectivity index (χ3n) is 17.0. The highest BCUT2D eigenvalue weighted by molar-refractivity contribution is 7.00. The van der Waals surface area contributed by atoms with Crippen LogP contribution in [0.25, 0.3) is 0 Å². The van der Waals surface area contributed by atoms with Crippen molar-refractivity contribution in [1.29, 1.82) is 0 Å². The molecule has 6 aromatic rings. The van der Waals surface area contributed by atoms with Crippen LogP contribution >= 0.6 is 0 Å². The zero-order valence-corrected chi connectivity index (χ0v) is 44.7. The molecule has 0 amide bonds. The van der Waals surface area contributed by atoms with E-state index in [1.54, 1.807) is 0 Å². The summed E-state index contributed by atoms with van der Waals surface area (Å²) in [5.74, 6) is 0. The number of hydrogen-bond acceptors (Lipinski definition) is 3. The number of rotatable bonds is 3. The number of benzene rings is 6. The van der Waals surface area contributed by atoms with Crippen LogP contribution in [0, 0.1) is 0 Å². The Hall–Kier alpha value is -5.22. The van der Waals surface area contributed by atoms with E-state index < -0.39 is 0 Å². The van der Waals surface area contributed by atoms with Crippen LogP contribution in [-0.2, 0) is 32.5 Å². The highest BCUT2D eigenvalue weighted by Gasteiger charge is 2.58. The Labute approximate surface area is 411 Å². The lowest BCUT2D eigenvalue weighted by molar-refractivity contribution is 0.195. The van der Waals surface area contributed by atoms with Gasteiger partial charge in [0.15, 0.2) is 0 Å². The summed E-state index contributed by atoms with van der Waals surface area (Å²) in [4.78, 5) is 8.08. The molecule has 0 N–H and O–H groups in total. The Balaban J connectivity index is 1.34. The fourth-order valence-corrected chi connectivity index (χ4v) is 12.4. The van der Waals surface area contributed by atoms with Gasteiger partial charge >= 0.3 is 0 Å². The van der Waals surface area contributed by atoms with Crippen molar-refractivity contribution in [1.82, 2.24) is 0 Å². The van der Waals surface area contributed by atoms with Gasteiger partial charge in [-0.25, -0.2) is 0 Å². The second-order valence-electron chi connectivity index (χ2n) is 26.8. The van der Waals surface area contributed by atoms with E-state index in [1.165, 1.54) is 115 Å². The summed E-state index contributed by atoms with van der Waals surface area (Å²) in [6, 6.07) is 46.6. The van der Waals surface area contributed by atoms with Gasteiger partial charge in [0.05, 0.1) is 5.54 Å². The molecule has 3 aliphatic heterocycles. The fraction of sp³-hybridized carbons (Fsp3) is 0.438. The van der Waals surface area contributed by atoms with E-state index in [0.717, 1.165) is 6.42 Å². The van der Waals surface area contributed by atoms with Crippen molar-refractivity contribution in [3.05, 3.63) is 149 Å². The van der Waals surface area contributed by atoms with Crippen LogP contribution in [0.2, 0.25) is 0 Å². The van der Waals surface area contributed by atoms with Gasteiger partial charge in [-0.1, -0.05) is 184 Å². The lowest BCUT2D eigenvalue weighted by atomic mass is 9.33. The molecular weight excluding hydrogens is 822 g/mol. The second kappa shape index (κ2) is 15.1. The number of anilines is 8.